The minimum Gasteiger partial charge on any atom is -0.310 e. The Bertz CT molecular complexity index is 2850. The Balaban J connectivity index is 1.11. The standard InChI is InChI=1S/C58H48N4/c1-41-15-11-23-51(35-41)59(52-24-12-16-42(2)36-52)49-31-27-45(28-32-49)55-39-57-58(61(55)47-19-7-5-8-20-47)40-56(62(57)48-21-9-6-10-22-48)46-29-33-50(34-30-46)60(53-25-13-17-43(3)37-53)54-26-14-18-44(4)38-54/h5-40H,1-4H3. The molecule has 0 amide bonds. The maximum Gasteiger partial charge on any atom is 0.0724 e. The highest BCUT2D eigenvalue weighted by atomic mass is 15.1. The summed E-state index contributed by atoms with van der Waals surface area (Å²) in [6, 6.07) is 79.2. The third kappa shape index (κ3) is 7.37. The molecule has 10 rings (SSSR count). The van der Waals surface area contributed by atoms with Crippen LogP contribution in [0.15, 0.2) is 218 Å². The second-order valence-electron chi connectivity index (χ2n) is 16.3. The molecule has 0 bridgehead atoms. The molecule has 0 aliphatic heterocycles. The van der Waals surface area contributed by atoms with Crippen molar-refractivity contribution in [3.05, 3.63) is 241 Å². The SMILES string of the molecule is Cc1cccc(N(c2ccc(-c3cc4c(cc(-c5ccc(N(c6cccc(C)c6)c6cccc(C)c6)cc5)n4-c4ccccc4)n3-c3ccccc3)cc2)c2cccc(C)c2)c1. The van der Waals surface area contributed by atoms with Gasteiger partial charge in [0.15, 0.2) is 0 Å². The molecule has 0 atom stereocenters. The lowest BCUT2D eigenvalue weighted by molar-refractivity contribution is 1.13. The Kier molecular flexibility index (Phi) is 10.1. The number of aromatic nitrogens is 2. The lowest BCUT2D eigenvalue weighted by Crippen LogP contribution is -2.10. The van der Waals surface area contributed by atoms with Crippen molar-refractivity contribution >= 4 is 45.2 Å². The van der Waals surface area contributed by atoms with E-state index in [1.165, 1.54) is 22.3 Å². The van der Waals surface area contributed by atoms with Crippen molar-refractivity contribution in [1.82, 2.24) is 9.13 Å². The quantitative estimate of drug-likeness (QED) is 0.137. The van der Waals surface area contributed by atoms with E-state index in [0.717, 1.165) is 79.0 Å². The maximum atomic E-state index is 2.41. The number of benzene rings is 8. The van der Waals surface area contributed by atoms with Crippen molar-refractivity contribution in [3.8, 4) is 33.9 Å². The van der Waals surface area contributed by atoms with E-state index in [2.05, 4.69) is 265 Å². The van der Waals surface area contributed by atoms with E-state index >= 15 is 0 Å². The molecule has 0 N–H and O–H groups in total. The zero-order valence-electron chi connectivity index (χ0n) is 35.6. The van der Waals surface area contributed by atoms with E-state index in [0.29, 0.717) is 0 Å². The second-order valence-corrected chi connectivity index (χ2v) is 16.3. The minimum absolute atomic E-state index is 1.11. The number of hydrogen-bond donors (Lipinski definition) is 0. The lowest BCUT2D eigenvalue weighted by Gasteiger charge is -2.26. The zero-order valence-corrected chi connectivity index (χ0v) is 35.6. The monoisotopic (exact) mass is 800 g/mol. The number of hydrogen-bond acceptors (Lipinski definition) is 2. The highest BCUT2D eigenvalue weighted by Gasteiger charge is 2.22. The summed E-state index contributed by atoms with van der Waals surface area (Å²) >= 11 is 0. The third-order valence-electron chi connectivity index (χ3n) is 11.7. The van der Waals surface area contributed by atoms with Gasteiger partial charge in [0.1, 0.15) is 0 Å². The van der Waals surface area contributed by atoms with Crippen molar-refractivity contribution in [2.75, 3.05) is 9.80 Å². The van der Waals surface area contributed by atoms with Crippen molar-refractivity contribution < 1.29 is 0 Å². The molecule has 0 spiro atoms. The highest BCUT2D eigenvalue weighted by molar-refractivity contribution is 5.94. The average molecular weight is 801 g/mol. The molecule has 2 aromatic heterocycles. The van der Waals surface area contributed by atoms with E-state index in [-0.39, 0.29) is 0 Å². The van der Waals surface area contributed by atoms with Crippen LogP contribution < -0.4 is 9.80 Å². The van der Waals surface area contributed by atoms with Gasteiger partial charge in [0.05, 0.1) is 22.4 Å². The van der Waals surface area contributed by atoms with Gasteiger partial charge >= 0.3 is 0 Å². The van der Waals surface area contributed by atoms with Crippen LogP contribution >= 0.6 is 0 Å². The van der Waals surface area contributed by atoms with Gasteiger partial charge in [-0.1, -0.05) is 109 Å². The molecule has 0 aliphatic carbocycles. The van der Waals surface area contributed by atoms with Gasteiger partial charge in [-0.15, -0.1) is 0 Å². The number of fused-ring (bicyclic) bond motifs is 1. The predicted molar refractivity (Wildman–Crippen MR) is 262 cm³/mol. The molecular weight excluding hydrogens is 753 g/mol. The van der Waals surface area contributed by atoms with Crippen molar-refractivity contribution in [2.45, 2.75) is 27.7 Å². The molecule has 2 heterocycles. The van der Waals surface area contributed by atoms with Gasteiger partial charge in [-0.3, -0.25) is 0 Å². The molecule has 0 radical (unpaired) electrons. The van der Waals surface area contributed by atoms with Crippen LogP contribution in [0, 0.1) is 27.7 Å². The van der Waals surface area contributed by atoms with Gasteiger partial charge in [0.2, 0.25) is 0 Å². The molecule has 0 fully saturated rings. The number of nitrogens with zero attached hydrogens (tertiary/aromatic N) is 4. The van der Waals surface area contributed by atoms with Crippen LogP contribution in [0.2, 0.25) is 0 Å². The number of anilines is 6. The summed E-state index contributed by atoms with van der Waals surface area (Å²) in [6.45, 7) is 8.60. The molecule has 0 saturated heterocycles. The predicted octanol–water partition coefficient (Wildman–Crippen LogP) is 15.9. The fourth-order valence-electron chi connectivity index (χ4n) is 8.81. The van der Waals surface area contributed by atoms with E-state index in [1.54, 1.807) is 0 Å². The largest absolute Gasteiger partial charge is 0.310 e. The molecule has 0 saturated carbocycles. The highest BCUT2D eigenvalue weighted by Crippen LogP contribution is 2.42. The number of rotatable bonds is 10. The Morgan fingerprint density at radius 2 is 0.581 bits per heavy atom. The summed E-state index contributed by atoms with van der Waals surface area (Å²) in [4.78, 5) is 4.69. The topological polar surface area (TPSA) is 16.3 Å². The smallest absolute Gasteiger partial charge is 0.0724 e. The van der Waals surface area contributed by atoms with Gasteiger partial charge in [-0.25, -0.2) is 0 Å². The van der Waals surface area contributed by atoms with Gasteiger partial charge in [0, 0.05) is 45.5 Å². The zero-order chi connectivity index (χ0) is 42.2. The Hall–Kier alpha value is -7.82. The fraction of sp³-hybridized carbons (Fsp3) is 0.0690. The van der Waals surface area contributed by atoms with Crippen molar-refractivity contribution in [3.63, 3.8) is 0 Å². The van der Waals surface area contributed by atoms with Gasteiger partial charge in [-0.2, -0.15) is 0 Å². The molecule has 0 unspecified atom stereocenters. The Morgan fingerprint density at radius 3 is 0.871 bits per heavy atom. The molecular formula is C58H48N4. The van der Waals surface area contributed by atoms with Gasteiger partial charge in [0.25, 0.3) is 0 Å². The molecule has 62 heavy (non-hydrogen) atoms. The normalized spacial score (nSPS) is 11.2. The molecule has 300 valence electrons. The first kappa shape index (κ1) is 38.4. The first-order valence-electron chi connectivity index (χ1n) is 21.3. The summed E-state index contributed by atoms with van der Waals surface area (Å²) in [5.41, 5.74) is 20.7. The van der Waals surface area contributed by atoms with Crippen LogP contribution in [0.25, 0.3) is 44.9 Å². The number of aryl methyl sites for hydroxylation is 4. The van der Waals surface area contributed by atoms with Crippen LogP contribution in [0.1, 0.15) is 22.3 Å². The molecule has 10 aromatic rings. The van der Waals surface area contributed by atoms with E-state index < -0.39 is 0 Å². The summed E-state index contributed by atoms with van der Waals surface area (Å²) in [7, 11) is 0. The minimum atomic E-state index is 1.11. The third-order valence-corrected chi connectivity index (χ3v) is 11.7. The van der Waals surface area contributed by atoms with E-state index in [4.69, 9.17) is 0 Å². The molecule has 8 aromatic carbocycles. The first-order valence-corrected chi connectivity index (χ1v) is 21.3. The van der Waals surface area contributed by atoms with Crippen LogP contribution in [0.4, 0.5) is 34.1 Å². The molecule has 0 aliphatic rings. The molecule has 4 nitrogen and oxygen atoms in total. The summed E-state index contributed by atoms with van der Waals surface area (Å²) in [6.07, 6.45) is 0. The van der Waals surface area contributed by atoms with Crippen molar-refractivity contribution in [1.29, 1.82) is 0 Å². The summed E-state index contributed by atoms with van der Waals surface area (Å²) in [5, 5.41) is 0. The summed E-state index contributed by atoms with van der Waals surface area (Å²) in [5.74, 6) is 0. The van der Waals surface area contributed by atoms with Gasteiger partial charge in [-0.05, 0) is 170 Å². The van der Waals surface area contributed by atoms with E-state index in [9.17, 15) is 0 Å². The van der Waals surface area contributed by atoms with Crippen LogP contribution in [0.5, 0.6) is 0 Å². The van der Waals surface area contributed by atoms with Crippen LogP contribution in [-0.2, 0) is 0 Å². The number of para-hydroxylation sites is 2. The lowest BCUT2D eigenvalue weighted by atomic mass is 10.1. The van der Waals surface area contributed by atoms with Crippen LogP contribution in [-0.4, -0.2) is 9.13 Å². The summed E-state index contributed by atoms with van der Waals surface area (Å²) < 4.78 is 4.83. The maximum absolute atomic E-state index is 2.41. The van der Waals surface area contributed by atoms with E-state index in [1.807, 2.05) is 0 Å². The Morgan fingerprint density at radius 1 is 0.274 bits per heavy atom. The molecule has 4 heteroatoms. The van der Waals surface area contributed by atoms with Crippen LogP contribution in [0.3, 0.4) is 0 Å². The Labute approximate surface area is 364 Å². The second kappa shape index (κ2) is 16.3. The average Bonchev–Trinajstić information content (AvgIpc) is 3.85. The van der Waals surface area contributed by atoms with Crippen molar-refractivity contribution in [2.24, 2.45) is 0 Å². The fourth-order valence-corrected chi connectivity index (χ4v) is 8.81. The van der Waals surface area contributed by atoms with Gasteiger partial charge < -0.3 is 18.9 Å². The first-order chi connectivity index (χ1) is 30.4.